The maximum atomic E-state index is 13.2. The summed E-state index contributed by atoms with van der Waals surface area (Å²) in [7, 11) is 0. The number of nitrogens with zero attached hydrogens (tertiary/aromatic N) is 4. The predicted molar refractivity (Wildman–Crippen MR) is 128 cm³/mol. The third-order valence-corrected chi connectivity index (χ3v) is 5.94. The molecule has 0 bridgehead atoms. The lowest BCUT2D eigenvalue weighted by molar-refractivity contribution is -0.133. The third kappa shape index (κ3) is 5.48. The molecule has 1 aromatic carbocycles. The summed E-state index contributed by atoms with van der Waals surface area (Å²) in [6.07, 6.45) is 3.63. The van der Waals surface area contributed by atoms with Gasteiger partial charge in [-0.1, -0.05) is 57.2 Å². The van der Waals surface area contributed by atoms with Gasteiger partial charge in [0.15, 0.2) is 5.82 Å². The van der Waals surface area contributed by atoms with Crippen molar-refractivity contribution in [1.29, 1.82) is 0 Å². The van der Waals surface area contributed by atoms with Gasteiger partial charge in [0.05, 0.1) is 18.0 Å². The van der Waals surface area contributed by atoms with E-state index >= 15 is 0 Å². The van der Waals surface area contributed by atoms with Crippen LogP contribution in [0.4, 0.5) is 5.82 Å². The molecule has 33 heavy (non-hydrogen) atoms. The van der Waals surface area contributed by atoms with Gasteiger partial charge in [0.25, 0.3) is 0 Å². The van der Waals surface area contributed by atoms with Crippen molar-refractivity contribution >= 4 is 17.6 Å². The van der Waals surface area contributed by atoms with Gasteiger partial charge in [-0.15, -0.1) is 0 Å². The molecule has 3 heterocycles. The summed E-state index contributed by atoms with van der Waals surface area (Å²) in [5.41, 5.74) is 1.68. The summed E-state index contributed by atoms with van der Waals surface area (Å²) >= 11 is 0. The highest BCUT2D eigenvalue weighted by Crippen LogP contribution is 2.27. The SMILES string of the molecule is CC(C)(C)c1cc(NC(=O)C2CCCN(C(=O)Cc3ccccc3)C2)n(-c2ccccn2)n1. The van der Waals surface area contributed by atoms with E-state index in [4.69, 9.17) is 5.10 Å². The van der Waals surface area contributed by atoms with Crippen LogP contribution in [-0.4, -0.2) is 44.6 Å². The molecule has 1 N–H and O–H groups in total. The lowest BCUT2D eigenvalue weighted by Gasteiger charge is -2.32. The van der Waals surface area contributed by atoms with Crippen LogP contribution in [0.5, 0.6) is 0 Å². The number of hydrogen-bond acceptors (Lipinski definition) is 4. The number of hydrogen-bond donors (Lipinski definition) is 1. The predicted octanol–water partition coefficient (Wildman–Crippen LogP) is 3.98. The highest BCUT2D eigenvalue weighted by Gasteiger charge is 2.30. The van der Waals surface area contributed by atoms with Crippen LogP contribution in [0.1, 0.15) is 44.9 Å². The molecule has 4 rings (SSSR count). The Bertz CT molecular complexity index is 1100. The second-order valence-corrected chi connectivity index (χ2v) is 9.60. The highest BCUT2D eigenvalue weighted by molar-refractivity contribution is 5.93. The molecule has 7 heteroatoms. The Kier molecular flexibility index (Phi) is 6.58. The number of pyridine rings is 1. The Balaban J connectivity index is 1.48. The maximum Gasteiger partial charge on any atom is 0.230 e. The average molecular weight is 446 g/mol. The number of carbonyl (C=O) groups is 2. The zero-order valence-corrected chi connectivity index (χ0v) is 19.5. The molecule has 1 atom stereocenters. The van der Waals surface area contributed by atoms with Crippen LogP contribution in [0, 0.1) is 5.92 Å². The molecule has 1 aliphatic rings. The molecule has 1 aliphatic heterocycles. The number of amides is 2. The van der Waals surface area contributed by atoms with Crippen molar-refractivity contribution in [3.63, 3.8) is 0 Å². The van der Waals surface area contributed by atoms with E-state index in [1.165, 1.54) is 0 Å². The van der Waals surface area contributed by atoms with Gasteiger partial charge >= 0.3 is 0 Å². The molecule has 2 aromatic heterocycles. The number of piperidine rings is 1. The minimum absolute atomic E-state index is 0.0623. The van der Waals surface area contributed by atoms with Gasteiger partial charge in [-0.05, 0) is 30.5 Å². The molecule has 2 amide bonds. The van der Waals surface area contributed by atoms with Gasteiger partial charge in [0, 0.05) is 30.8 Å². The quantitative estimate of drug-likeness (QED) is 0.644. The van der Waals surface area contributed by atoms with Gasteiger partial charge < -0.3 is 10.2 Å². The molecule has 0 radical (unpaired) electrons. The van der Waals surface area contributed by atoms with Crippen molar-refractivity contribution in [3.8, 4) is 5.82 Å². The van der Waals surface area contributed by atoms with Gasteiger partial charge in [0.2, 0.25) is 11.8 Å². The Morgan fingerprint density at radius 2 is 1.85 bits per heavy atom. The lowest BCUT2D eigenvalue weighted by Crippen LogP contribution is -2.44. The summed E-state index contributed by atoms with van der Waals surface area (Å²) in [6.45, 7) is 7.38. The molecule has 1 fully saturated rings. The van der Waals surface area contributed by atoms with Gasteiger partial charge in [0.1, 0.15) is 5.82 Å². The number of aromatic nitrogens is 3. The molecular formula is C26H31N5O2. The van der Waals surface area contributed by atoms with Crippen molar-refractivity contribution < 1.29 is 9.59 Å². The molecule has 7 nitrogen and oxygen atoms in total. The minimum Gasteiger partial charge on any atom is -0.342 e. The first-order valence-corrected chi connectivity index (χ1v) is 11.5. The molecule has 1 unspecified atom stereocenters. The average Bonchev–Trinajstić information content (AvgIpc) is 3.25. The van der Waals surface area contributed by atoms with Crippen molar-refractivity contribution in [1.82, 2.24) is 19.7 Å². The number of anilines is 1. The molecule has 3 aromatic rings. The van der Waals surface area contributed by atoms with Crippen LogP contribution in [0.2, 0.25) is 0 Å². The zero-order valence-electron chi connectivity index (χ0n) is 19.5. The van der Waals surface area contributed by atoms with Crippen LogP contribution in [-0.2, 0) is 21.4 Å². The summed E-state index contributed by atoms with van der Waals surface area (Å²) < 4.78 is 1.68. The van der Waals surface area contributed by atoms with Crippen LogP contribution in [0.15, 0.2) is 60.8 Å². The largest absolute Gasteiger partial charge is 0.342 e. The van der Waals surface area contributed by atoms with E-state index in [0.29, 0.717) is 31.1 Å². The number of carbonyl (C=O) groups excluding carboxylic acids is 2. The van der Waals surface area contributed by atoms with Crippen molar-refractivity contribution in [2.24, 2.45) is 5.92 Å². The van der Waals surface area contributed by atoms with E-state index in [-0.39, 0.29) is 23.1 Å². The second-order valence-electron chi connectivity index (χ2n) is 9.60. The smallest absolute Gasteiger partial charge is 0.230 e. The van der Waals surface area contributed by atoms with Gasteiger partial charge in [-0.3, -0.25) is 9.59 Å². The topological polar surface area (TPSA) is 80.1 Å². The van der Waals surface area contributed by atoms with E-state index in [0.717, 1.165) is 24.1 Å². The van der Waals surface area contributed by atoms with Crippen LogP contribution < -0.4 is 5.32 Å². The van der Waals surface area contributed by atoms with Crippen LogP contribution in [0.3, 0.4) is 0 Å². The van der Waals surface area contributed by atoms with E-state index < -0.39 is 0 Å². The van der Waals surface area contributed by atoms with Crippen molar-refractivity contribution in [3.05, 3.63) is 72.1 Å². The second kappa shape index (κ2) is 9.57. The number of rotatable bonds is 5. The standard InChI is InChI=1S/C26H31N5O2/c1-26(2,3)21-17-23(31(29-21)22-13-7-8-14-27-22)28-25(33)20-12-9-15-30(18-20)24(32)16-19-10-5-4-6-11-19/h4-8,10-11,13-14,17,20H,9,12,15-16,18H2,1-3H3,(H,28,33). The monoisotopic (exact) mass is 445 g/mol. The number of likely N-dealkylation sites (tertiary alicyclic amines) is 1. The van der Waals surface area contributed by atoms with E-state index in [2.05, 4.69) is 31.1 Å². The summed E-state index contributed by atoms with van der Waals surface area (Å²) in [5, 5.41) is 7.78. The normalized spacial score (nSPS) is 16.5. The molecule has 1 saturated heterocycles. The first kappa shape index (κ1) is 22.7. The van der Waals surface area contributed by atoms with E-state index in [1.54, 1.807) is 10.9 Å². The Morgan fingerprint density at radius 1 is 1.09 bits per heavy atom. The van der Waals surface area contributed by atoms with Crippen LogP contribution >= 0.6 is 0 Å². The number of benzene rings is 1. The Labute approximate surface area is 194 Å². The minimum atomic E-state index is -0.261. The van der Waals surface area contributed by atoms with E-state index in [1.807, 2.05) is 59.5 Å². The number of nitrogens with one attached hydrogen (secondary N) is 1. The first-order chi connectivity index (χ1) is 15.8. The molecule has 172 valence electrons. The fraction of sp³-hybridized carbons (Fsp3) is 0.385. The lowest BCUT2D eigenvalue weighted by atomic mass is 9.92. The molecule has 0 saturated carbocycles. The summed E-state index contributed by atoms with van der Waals surface area (Å²) in [6, 6.07) is 17.2. The zero-order chi connectivity index (χ0) is 23.4. The van der Waals surface area contributed by atoms with E-state index in [9.17, 15) is 9.59 Å². The highest BCUT2D eigenvalue weighted by atomic mass is 16.2. The molecule has 0 spiro atoms. The van der Waals surface area contributed by atoms with Crippen molar-refractivity contribution in [2.75, 3.05) is 18.4 Å². The molecular weight excluding hydrogens is 414 g/mol. The van der Waals surface area contributed by atoms with Crippen molar-refractivity contribution in [2.45, 2.75) is 45.4 Å². The van der Waals surface area contributed by atoms with Gasteiger partial charge in [-0.25, -0.2) is 4.98 Å². The Morgan fingerprint density at radius 3 is 2.55 bits per heavy atom. The fourth-order valence-corrected chi connectivity index (χ4v) is 4.02. The molecule has 0 aliphatic carbocycles. The fourth-order valence-electron chi connectivity index (χ4n) is 4.02. The first-order valence-electron chi connectivity index (χ1n) is 11.5. The van der Waals surface area contributed by atoms with Crippen LogP contribution in [0.25, 0.3) is 5.82 Å². The van der Waals surface area contributed by atoms with Gasteiger partial charge in [-0.2, -0.15) is 9.78 Å². The third-order valence-electron chi connectivity index (χ3n) is 5.94. The summed E-state index contributed by atoms with van der Waals surface area (Å²) in [4.78, 5) is 32.3. The summed E-state index contributed by atoms with van der Waals surface area (Å²) in [5.74, 6) is 0.948. The Hall–Kier alpha value is -3.48. The maximum absolute atomic E-state index is 13.2.